The second kappa shape index (κ2) is 4.32. The molecule has 1 aromatic heterocycles. The first kappa shape index (κ1) is 12.1. The van der Waals surface area contributed by atoms with E-state index in [1.54, 1.807) is 0 Å². The molecule has 0 atom stereocenters. The minimum absolute atomic E-state index is 0.499. The molecule has 18 heavy (non-hydrogen) atoms. The molecule has 1 aliphatic carbocycles. The largest absolute Gasteiger partial charge is 0.304 e. The topological polar surface area (TPSA) is 66.5 Å². The zero-order chi connectivity index (χ0) is 12.8. The molecule has 5 nitrogen and oxygen atoms in total. The van der Waals surface area contributed by atoms with Crippen LogP contribution in [0.5, 0.6) is 0 Å². The van der Waals surface area contributed by atoms with E-state index in [1.807, 2.05) is 6.07 Å². The van der Waals surface area contributed by atoms with Crippen LogP contribution in [-0.2, 0) is 23.1 Å². The molecule has 1 aromatic rings. The van der Waals surface area contributed by atoms with Gasteiger partial charge in [0, 0.05) is 18.0 Å². The Kier molecular flexibility index (Phi) is 2.91. The van der Waals surface area contributed by atoms with Crippen molar-refractivity contribution in [3.63, 3.8) is 0 Å². The lowest BCUT2D eigenvalue weighted by Crippen LogP contribution is -2.49. The van der Waals surface area contributed by atoms with Crippen molar-refractivity contribution in [2.75, 3.05) is 13.1 Å². The number of thiophene rings is 1. The molecule has 1 amide bonds. The van der Waals surface area contributed by atoms with Crippen molar-refractivity contribution >= 4 is 27.5 Å². The van der Waals surface area contributed by atoms with Crippen molar-refractivity contribution in [2.24, 2.45) is 0 Å². The first-order chi connectivity index (χ1) is 8.56. The van der Waals surface area contributed by atoms with E-state index in [2.05, 4.69) is 4.72 Å². The van der Waals surface area contributed by atoms with E-state index in [-0.39, 0.29) is 0 Å². The molecule has 3 rings (SSSR count). The molecule has 1 N–H and O–H groups in total. The Morgan fingerprint density at radius 1 is 1.28 bits per heavy atom. The first-order valence-corrected chi connectivity index (χ1v) is 8.26. The van der Waals surface area contributed by atoms with Gasteiger partial charge in [0.1, 0.15) is 0 Å². The second-order valence-electron chi connectivity index (χ2n) is 4.60. The third-order valence-electron chi connectivity index (χ3n) is 3.35. The molecular weight excluding hydrogens is 272 g/mol. The lowest BCUT2D eigenvalue weighted by atomic mass is 10.2. The minimum Gasteiger partial charge on any atom is -0.267 e. The zero-order valence-corrected chi connectivity index (χ0v) is 11.4. The molecule has 1 aliphatic heterocycles. The Labute approximate surface area is 110 Å². The molecule has 0 saturated carbocycles. The quantitative estimate of drug-likeness (QED) is 0.898. The lowest BCUT2D eigenvalue weighted by Gasteiger charge is -2.29. The molecule has 0 aromatic carbocycles. The van der Waals surface area contributed by atoms with E-state index >= 15 is 0 Å². The van der Waals surface area contributed by atoms with Crippen LogP contribution in [0.4, 0.5) is 0 Å². The van der Waals surface area contributed by atoms with Crippen LogP contribution in [0.25, 0.3) is 0 Å². The van der Waals surface area contributed by atoms with Gasteiger partial charge in [0.05, 0.1) is 4.88 Å². The van der Waals surface area contributed by atoms with Crippen molar-refractivity contribution in [2.45, 2.75) is 25.7 Å². The van der Waals surface area contributed by atoms with Crippen molar-refractivity contribution in [3.05, 3.63) is 21.4 Å². The Morgan fingerprint density at radius 2 is 2.06 bits per heavy atom. The van der Waals surface area contributed by atoms with E-state index in [1.165, 1.54) is 26.1 Å². The van der Waals surface area contributed by atoms with E-state index in [4.69, 9.17) is 0 Å². The summed E-state index contributed by atoms with van der Waals surface area (Å²) < 4.78 is 27.0. The van der Waals surface area contributed by atoms with Gasteiger partial charge in [-0.05, 0) is 37.3 Å². The third kappa shape index (κ3) is 2.06. The van der Waals surface area contributed by atoms with Crippen LogP contribution in [0.2, 0.25) is 0 Å². The summed E-state index contributed by atoms with van der Waals surface area (Å²) in [5.41, 5.74) is 1.20. The van der Waals surface area contributed by atoms with Crippen molar-refractivity contribution in [1.29, 1.82) is 0 Å². The summed E-state index contributed by atoms with van der Waals surface area (Å²) in [6.07, 6.45) is 4.00. The van der Waals surface area contributed by atoms with Crippen LogP contribution in [0.15, 0.2) is 6.07 Å². The fraction of sp³-hybridized carbons (Fsp3) is 0.545. The van der Waals surface area contributed by atoms with Gasteiger partial charge in [0.2, 0.25) is 0 Å². The fourth-order valence-electron chi connectivity index (χ4n) is 2.20. The Bertz CT molecular complexity index is 566. The highest BCUT2D eigenvalue weighted by Crippen LogP contribution is 2.30. The molecule has 0 unspecified atom stereocenters. The number of aryl methyl sites for hydroxylation is 2. The van der Waals surface area contributed by atoms with E-state index in [9.17, 15) is 13.2 Å². The number of fused-ring (bicyclic) bond motifs is 1. The number of carbonyl (C=O) groups is 1. The summed E-state index contributed by atoms with van der Waals surface area (Å²) in [5.74, 6) is -0.499. The predicted octanol–water partition coefficient (Wildman–Crippen LogP) is 0.917. The number of hydrogen-bond acceptors (Lipinski definition) is 4. The summed E-state index contributed by atoms with van der Waals surface area (Å²) in [6.45, 7) is 1.01. The van der Waals surface area contributed by atoms with Gasteiger partial charge in [0.15, 0.2) is 0 Å². The van der Waals surface area contributed by atoms with Crippen LogP contribution in [0.1, 0.15) is 33.0 Å². The van der Waals surface area contributed by atoms with E-state index in [0.717, 1.165) is 25.7 Å². The zero-order valence-electron chi connectivity index (χ0n) is 9.81. The summed E-state index contributed by atoms with van der Waals surface area (Å²) in [4.78, 5) is 13.6. The summed E-state index contributed by atoms with van der Waals surface area (Å²) in [6, 6.07) is 1.83. The first-order valence-electron chi connectivity index (χ1n) is 6.00. The number of nitrogens with zero attached hydrogens (tertiary/aromatic N) is 1. The molecule has 2 heterocycles. The molecule has 7 heteroatoms. The van der Waals surface area contributed by atoms with Crippen molar-refractivity contribution in [3.8, 4) is 0 Å². The van der Waals surface area contributed by atoms with Crippen molar-refractivity contribution in [1.82, 2.24) is 9.03 Å². The van der Waals surface area contributed by atoms with Crippen LogP contribution >= 0.6 is 11.3 Å². The third-order valence-corrected chi connectivity index (χ3v) is 6.07. The van der Waals surface area contributed by atoms with Crippen LogP contribution < -0.4 is 4.72 Å². The average Bonchev–Trinajstić information content (AvgIpc) is 2.70. The SMILES string of the molecule is O=C(NS(=O)(=O)N1CCC1)c1cc2c(s1)CCC2. The maximum absolute atomic E-state index is 11.9. The fourth-order valence-corrected chi connectivity index (χ4v) is 4.63. The summed E-state index contributed by atoms with van der Waals surface area (Å²) >= 11 is 1.41. The summed E-state index contributed by atoms with van der Waals surface area (Å²) in [5, 5.41) is 0. The number of nitrogens with one attached hydrogen (secondary N) is 1. The molecule has 0 bridgehead atoms. The highest BCUT2D eigenvalue weighted by molar-refractivity contribution is 7.87. The van der Waals surface area contributed by atoms with E-state index in [0.29, 0.717) is 18.0 Å². The summed E-state index contributed by atoms with van der Waals surface area (Å²) in [7, 11) is -3.62. The highest BCUT2D eigenvalue weighted by Gasteiger charge is 2.30. The molecule has 98 valence electrons. The van der Waals surface area contributed by atoms with Crippen molar-refractivity contribution < 1.29 is 13.2 Å². The Hall–Kier alpha value is -0.920. The number of carbonyl (C=O) groups excluding carboxylic acids is 1. The smallest absolute Gasteiger partial charge is 0.267 e. The van der Waals surface area contributed by atoms with Crippen LogP contribution in [0.3, 0.4) is 0 Å². The molecule has 0 radical (unpaired) electrons. The Balaban J connectivity index is 1.74. The van der Waals surface area contributed by atoms with Gasteiger partial charge in [-0.1, -0.05) is 0 Å². The van der Waals surface area contributed by atoms with Gasteiger partial charge in [-0.25, -0.2) is 4.72 Å². The van der Waals surface area contributed by atoms with E-state index < -0.39 is 16.1 Å². The number of amides is 1. The maximum Gasteiger partial charge on any atom is 0.304 e. The molecule has 0 spiro atoms. The average molecular weight is 286 g/mol. The van der Waals surface area contributed by atoms with Gasteiger partial charge >= 0.3 is 10.2 Å². The highest BCUT2D eigenvalue weighted by atomic mass is 32.2. The van der Waals surface area contributed by atoms with Crippen LogP contribution in [-0.4, -0.2) is 31.7 Å². The standard InChI is InChI=1S/C11H14N2O3S2/c14-11(12-18(15,16)13-5-2-6-13)10-7-8-3-1-4-9(8)17-10/h7H,1-6H2,(H,12,14). The van der Waals surface area contributed by atoms with Crippen LogP contribution in [0, 0.1) is 0 Å². The van der Waals surface area contributed by atoms with Gasteiger partial charge in [0.25, 0.3) is 5.91 Å². The number of hydrogen-bond donors (Lipinski definition) is 1. The number of rotatable bonds is 3. The normalized spacial score (nSPS) is 19.3. The van der Waals surface area contributed by atoms with Gasteiger partial charge in [-0.15, -0.1) is 11.3 Å². The van der Waals surface area contributed by atoms with Gasteiger partial charge in [-0.3, -0.25) is 4.79 Å². The molecular formula is C11H14N2O3S2. The van der Waals surface area contributed by atoms with Gasteiger partial charge in [-0.2, -0.15) is 12.7 Å². The maximum atomic E-state index is 11.9. The predicted molar refractivity (Wildman–Crippen MR) is 68.9 cm³/mol. The Morgan fingerprint density at radius 3 is 2.67 bits per heavy atom. The molecule has 1 fully saturated rings. The molecule has 2 aliphatic rings. The lowest BCUT2D eigenvalue weighted by molar-refractivity contribution is 0.0981. The van der Waals surface area contributed by atoms with Gasteiger partial charge < -0.3 is 0 Å². The second-order valence-corrected chi connectivity index (χ2v) is 7.41. The minimum atomic E-state index is -3.62. The molecule has 1 saturated heterocycles. The monoisotopic (exact) mass is 286 g/mol.